The molecule has 0 heterocycles. The van der Waals surface area contributed by atoms with Crippen LogP contribution in [0.2, 0.25) is 0 Å². The van der Waals surface area contributed by atoms with E-state index in [2.05, 4.69) is 0 Å². The number of carbonyl (C=O) groups excluding carboxylic acids is 1. The van der Waals surface area contributed by atoms with Gasteiger partial charge < -0.3 is 4.90 Å². The Balaban J connectivity index is 0.000000921. The minimum Gasteiger partial charge on any atom is -0.349 e. The van der Waals surface area contributed by atoms with Crippen molar-refractivity contribution in [3.63, 3.8) is 0 Å². The first-order chi connectivity index (χ1) is 7.20. The van der Waals surface area contributed by atoms with Crippen molar-refractivity contribution in [3.8, 4) is 0 Å². The molecule has 0 unspecified atom stereocenters. The Bertz CT molecular complexity index is 267. The smallest absolute Gasteiger partial charge is 0.222 e. The van der Waals surface area contributed by atoms with Gasteiger partial charge >= 0.3 is 0 Å². The summed E-state index contributed by atoms with van der Waals surface area (Å²) in [5.74, 6) is 0.184. The third-order valence-corrected chi connectivity index (χ3v) is 1.97. The number of aryl methyl sites for hydroxylation is 1. The van der Waals surface area contributed by atoms with E-state index in [1.165, 1.54) is 5.56 Å². The largest absolute Gasteiger partial charge is 0.349 e. The molecule has 0 bridgehead atoms. The molecule has 0 spiro atoms. The number of nitrogens with zero attached hydrogens (tertiary/aromatic N) is 1. The van der Waals surface area contributed by atoms with Crippen LogP contribution in [-0.4, -0.2) is 24.9 Å². The summed E-state index contributed by atoms with van der Waals surface area (Å²) < 4.78 is 0. The van der Waals surface area contributed by atoms with E-state index in [9.17, 15) is 4.79 Å². The molecule has 0 aliphatic carbocycles. The fourth-order valence-corrected chi connectivity index (χ4v) is 1.12. The van der Waals surface area contributed by atoms with Crippen LogP contribution in [0, 0.1) is 0 Å². The highest BCUT2D eigenvalue weighted by Crippen LogP contribution is 2.03. The highest BCUT2D eigenvalue weighted by atomic mass is 16.2. The molecule has 15 heavy (non-hydrogen) atoms. The van der Waals surface area contributed by atoms with Gasteiger partial charge in [0, 0.05) is 20.5 Å². The molecule has 0 aliphatic rings. The van der Waals surface area contributed by atoms with Crippen LogP contribution in [0.1, 0.15) is 25.8 Å². The van der Waals surface area contributed by atoms with E-state index in [1.54, 1.807) is 19.0 Å². The maximum atomic E-state index is 11.2. The lowest BCUT2D eigenvalue weighted by molar-refractivity contribution is -0.128. The summed E-state index contributed by atoms with van der Waals surface area (Å²) in [5, 5.41) is 0. The number of amides is 1. The zero-order valence-corrected chi connectivity index (χ0v) is 10.2. The van der Waals surface area contributed by atoms with Crippen molar-refractivity contribution in [2.75, 3.05) is 14.1 Å². The van der Waals surface area contributed by atoms with E-state index in [4.69, 9.17) is 0 Å². The minimum absolute atomic E-state index is 0.184. The Morgan fingerprint density at radius 3 is 2.13 bits per heavy atom. The predicted molar refractivity (Wildman–Crippen MR) is 64.8 cm³/mol. The van der Waals surface area contributed by atoms with Crippen LogP contribution in [0.4, 0.5) is 0 Å². The van der Waals surface area contributed by atoms with E-state index < -0.39 is 0 Å². The lowest BCUT2D eigenvalue weighted by Crippen LogP contribution is -2.21. The van der Waals surface area contributed by atoms with Gasteiger partial charge in [-0.3, -0.25) is 4.79 Å². The minimum atomic E-state index is 0.184. The maximum Gasteiger partial charge on any atom is 0.222 e. The Labute approximate surface area is 92.9 Å². The number of hydrogen-bond donors (Lipinski definition) is 0. The fourth-order valence-electron chi connectivity index (χ4n) is 1.12. The summed E-state index contributed by atoms with van der Waals surface area (Å²) in [7, 11) is 3.57. The molecule has 0 saturated heterocycles. The van der Waals surface area contributed by atoms with Crippen molar-refractivity contribution in [2.24, 2.45) is 0 Å². The van der Waals surface area contributed by atoms with Crippen LogP contribution in [0.15, 0.2) is 30.3 Å². The first-order valence-electron chi connectivity index (χ1n) is 5.44. The molecular formula is C13H21NO. The van der Waals surface area contributed by atoms with Crippen LogP contribution >= 0.6 is 0 Å². The van der Waals surface area contributed by atoms with Crippen molar-refractivity contribution >= 4 is 5.91 Å². The Kier molecular flexibility index (Phi) is 7.33. The standard InChI is InChI=1S/C11H15NO.C2H6/c1-12(2)11(13)9-8-10-6-4-3-5-7-10;1-2/h3-7H,8-9H2,1-2H3;1-2H3. The second kappa shape index (κ2) is 8.04. The summed E-state index contributed by atoms with van der Waals surface area (Å²) >= 11 is 0. The zero-order chi connectivity index (χ0) is 11.7. The van der Waals surface area contributed by atoms with Gasteiger partial charge in [0.1, 0.15) is 0 Å². The van der Waals surface area contributed by atoms with Crippen molar-refractivity contribution in [1.82, 2.24) is 4.90 Å². The number of hydrogen-bond acceptors (Lipinski definition) is 1. The monoisotopic (exact) mass is 207 g/mol. The van der Waals surface area contributed by atoms with Crippen LogP contribution < -0.4 is 0 Å². The molecule has 0 aliphatic heterocycles. The zero-order valence-electron chi connectivity index (χ0n) is 10.2. The number of carbonyl (C=O) groups is 1. The Morgan fingerprint density at radius 2 is 1.67 bits per heavy atom. The molecule has 84 valence electrons. The summed E-state index contributed by atoms with van der Waals surface area (Å²) in [5.41, 5.74) is 1.22. The molecule has 1 aromatic carbocycles. The van der Waals surface area contributed by atoms with Gasteiger partial charge in [-0.15, -0.1) is 0 Å². The fraction of sp³-hybridized carbons (Fsp3) is 0.462. The van der Waals surface area contributed by atoms with Gasteiger partial charge in [-0.1, -0.05) is 44.2 Å². The first-order valence-corrected chi connectivity index (χ1v) is 5.44. The van der Waals surface area contributed by atoms with E-state index in [-0.39, 0.29) is 5.91 Å². The highest BCUT2D eigenvalue weighted by Gasteiger charge is 2.03. The summed E-state index contributed by atoms with van der Waals surface area (Å²) in [6.07, 6.45) is 1.43. The van der Waals surface area contributed by atoms with Gasteiger partial charge in [0.25, 0.3) is 0 Å². The molecular weight excluding hydrogens is 186 g/mol. The summed E-state index contributed by atoms with van der Waals surface area (Å²) in [6, 6.07) is 10.1. The first kappa shape index (κ1) is 13.7. The Morgan fingerprint density at radius 1 is 1.13 bits per heavy atom. The molecule has 1 aromatic rings. The number of benzene rings is 1. The molecule has 1 rings (SSSR count). The predicted octanol–water partition coefficient (Wildman–Crippen LogP) is 2.73. The molecule has 0 fully saturated rings. The van der Waals surface area contributed by atoms with Crippen LogP contribution in [0.5, 0.6) is 0 Å². The van der Waals surface area contributed by atoms with E-state index in [1.807, 2.05) is 44.2 Å². The second-order valence-corrected chi connectivity index (χ2v) is 3.27. The Hall–Kier alpha value is -1.31. The third kappa shape index (κ3) is 5.89. The SMILES string of the molecule is CC.CN(C)C(=O)CCc1ccccc1. The lowest BCUT2D eigenvalue weighted by atomic mass is 10.1. The van der Waals surface area contributed by atoms with Crippen molar-refractivity contribution in [2.45, 2.75) is 26.7 Å². The van der Waals surface area contributed by atoms with Gasteiger partial charge in [0.05, 0.1) is 0 Å². The number of rotatable bonds is 3. The average Bonchev–Trinajstić information content (AvgIpc) is 2.30. The molecule has 0 aromatic heterocycles. The van der Waals surface area contributed by atoms with E-state index in [0.29, 0.717) is 6.42 Å². The molecule has 1 amide bonds. The second-order valence-electron chi connectivity index (χ2n) is 3.27. The normalized spacial score (nSPS) is 8.80. The lowest BCUT2D eigenvalue weighted by Gasteiger charge is -2.09. The highest BCUT2D eigenvalue weighted by molar-refractivity contribution is 5.75. The average molecular weight is 207 g/mol. The maximum absolute atomic E-state index is 11.2. The van der Waals surface area contributed by atoms with Gasteiger partial charge in [0.2, 0.25) is 5.91 Å². The van der Waals surface area contributed by atoms with Crippen molar-refractivity contribution in [1.29, 1.82) is 0 Å². The topological polar surface area (TPSA) is 20.3 Å². The van der Waals surface area contributed by atoms with E-state index >= 15 is 0 Å². The summed E-state index contributed by atoms with van der Waals surface area (Å²) in [4.78, 5) is 12.9. The molecule has 0 atom stereocenters. The van der Waals surface area contributed by atoms with E-state index in [0.717, 1.165) is 6.42 Å². The third-order valence-electron chi connectivity index (χ3n) is 1.97. The van der Waals surface area contributed by atoms with Crippen LogP contribution in [0.25, 0.3) is 0 Å². The van der Waals surface area contributed by atoms with Crippen LogP contribution in [-0.2, 0) is 11.2 Å². The van der Waals surface area contributed by atoms with Crippen LogP contribution in [0.3, 0.4) is 0 Å². The molecule has 2 heteroatoms. The molecule has 0 N–H and O–H groups in total. The van der Waals surface area contributed by atoms with Gasteiger partial charge in [-0.2, -0.15) is 0 Å². The van der Waals surface area contributed by atoms with Gasteiger partial charge in [-0.05, 0) is 12.0 Å². The molecule has 0 saturated carbocycles. The quantitative estimate of drug-likeness (QED) is 0.746. The summed E-state index contributed by atoms with van der Waals surface area (Å²) in [6.45, 7) is 4.00. The van der Waals surface area contributed by atoms with Crippen molar-refractivity contribution in [3.05, 3.63) is 35.9 Å². The van der Waals surface area contributed by atoms with Crippen molar-refractivity contribution < 1.29 is 4.79 Å². The van der Waals surface area contributed by atoms with Gasteiger partial charge in [-0.25, -0.2) is 0 Å². The molecule has 2 nitrogen and oxygen atoms in total. The van der Waals surface area contributed by atoms with Gasteiger partial charge in [0.15, 0.2) is 0 Å². The molecule has 0 radical (unpaired) electrons.